The Balaban J connectivity index is 2.39. The normalized spacial score (nSPS) is 22.5. The Morgan fingerprint density at radius 2 is 2.35 bits per heavy atom. The third-order valence-electron chi connectivity index (χ3n) is 2.69. The van der Waals surface area contributed by atoms with Gasteiger partial charge < -0.3 is 10.5 Å². The topological polar surface area (TPSA) is 85.5 Å². The van der Waals surface area contributed by atoms with Crippen LogP contribution >= 0.6 is 0 Å². The highest BCUT2D eigenvalue weighted by atomic mass is 32.2. The van der Waals surface area contributed by atoms with E-state index in [2.05, 4.69) is 4.98 Å². The summed E-state index contributed by atoms with van der Waals surface area (Å²) >= 11 is 0. The van der Waals surface area contributed by atoms with Gasteiger partial charge in [0.25, 0.3) is 0 Å². The second-order valence-corrected chi connectivity index (χ2v) is 5.79. The number of sulfonamides is 1. The zero-order valence-electron chi connectivity index (χ0n) is 9.54. The molecule has 0 radical (unpaired) electrons. The number of nitrogens with zero attached hydrogens (tertiary/aromatic N) is 2. The van der Waals surface area contributed by atoms with Crippen molar-refractivity contribution in [2.45, 2.75) is 17.9 Å². The number of nitrogens with two attached hydrogens (primary N) is 1. The maximum Gasteiger partial charge on any atom is 0.247 e. The summed E-state index contributed by atoms with van der Waals surface area (Å²) in [7, 11) is -3.58. The van der Waals surface area contributed by atoms with Crippen molar-refractivity contribution in [1.82, 2.24) is 9.29 Å². The highest BCUT2D eigenvalue weighted by molar-refractivity contribution is 7.89. The first-order valence-corrected chi connectivity index (χ1v) is 6.77. The van der Waals surface area contributed by atoms with Crippen LogP contribution in [0.3, 0.4) is 0 Å². The van der Waals surface area contributed by atoms with Crippen molar-refractivity contribution >= 4 is 15.8 Å². The van der Waals surface area contributed by atoms with E-state index in [4.69, 9.17) is 10.5 Å². The van der Waals surface area contributed by atoms with Gasteiger partial charge in [-0.2, -0.15) is 4.31 Å². The van der Waals surface area contributed by atoms with Crippen LogP contribution in [-0.2, 0) is 14.8 Å². The van der Waals surface area contributed by atoms with E-state index in [1.807, 2.05) is 6.92 Å². The number of rotatable bonds is 2. The number of nitrogen functional groups attached to an aromatic ring is 1. The monoisotopic (exact) mass is 257 g/mol. The number of aromatic nitrogens is 1. The lowest BCUT2D eigenvalue weighted by Crippen LogP contribution is -2.47. The van der Waals surface area contributed by atoms with Crippen molar-refractivity contribution in [3.63, 3.8) is 0 Å². The fourth-order valence-electron chi connectivity index (χ4n) is 1.82. The van der Waals surface area contributed by atoms with Gasteiger partial charge >= 0.3 is 0 Å². The first-order valence-electron chi connectivity index (χ1n) is 5.33. The number of hydrogen-bond acceptors (Lipinski definition) is 5. The SMILES string of the molecule is C[C@@H]1COCCN1S(=O)(=O)c1cccnc1N. The highest BCUT2D eigenvalue weighted by Gasteiger charge is 2.32. The Morgan fingerprint density at radius 1 is 1.59 bits per heavy atom. The molecule has 0 saturated carbocycles. The van der Waals surface area contributed by atoms with Gasteiger partial charge in [-0.1, -0.05) is 0 Å². The molecule has 1 atom stereocenters. The molecule has 2 heterocycles. The third kappa shape index (κ3) is 2.26. The Labute approximate surface area is 100 Å². The van der Waals surface area contributed by atoms with Gasteiger partial charge in [0.2, 0.25) is 10.0 Å². The van der Waals surface area contributed by atoms with Crippen LogP contribution in [0.2, 0.25) is 0 Å². The lowest BCUT2D eigenvalue weighted by molar-refractivity contribution is 0.0393. The van der Waals surface area contributed by atoms with Crippen LogP contribution in [-0.4, -0.2) is 43.5 Å². The summed E-state index contributed by atoms with van der Waals surface area (Å²) in [6, 6.07) is 2.85. The molecule has 0 bridgehead atoms. The van der Waals surface area contributed by atoms with E-state index in [0.717, 1.165) is 0 Å². The van der Waals surface area contributed by atoms with Crippen molar-refractivity contribution in [3.8, 4) is 0 Å². The molecule has 17 heavy (non-hydrogen) atoms. The van der Waals surface area contributed by atoms with E-state index in [-0.39, 0.29) is 16.8 Å². The molecule has 1 saturated heterocycles. The molecule has 6 nitrogen and oxygen atoms in total. The van der Waals surface area contributed by atoms with Crippen LogP contribution in [0.25, 0.3) is 0 Å². The molecule has 2 rings (SSSR count). The van der Waals surface area contributed by atoms with Crippen LogP contribution in [0.4, 0.5) is 5.82 Å². The molecule has 1 aliphatic heterocycles. The van der Waals surface area contributed by atoms with E-state index >= 15 is 0 Å². The predicted octanol–water partition coefficient (Wildman–Crippen LogP) is 0.0732. The van der Waals surface area contributed by atoms with Gasteiger partial charge in [-0.05, 0) is 19.1 Å². The number of morpholine rings is 1. The zero-order chi connectivity index (χ0) is 12.5. The van der Waals surface area contributed by atoms with Crippen LogP contribution in [0.15, 0.2) is 23.2 Å². The Morgan fingerprint density at radius 3 is 3.00 bits per heavy atom. The fourth-order valence-corrected chi connectivity index (χ4v) is 3.49. The molecular weight excluding hydrogens is 242 g/mol. The quantitative estimate of drug-likeness (QED) is 0.810. The maximum absolute atomic E-state index is 12.4. The van der Waals surface area contributed by atoms with E-state index < -0.39 is 10.0 Å². The smallest absolute Gasteiger partial charge is 0.247 e. The minimum absolute atomic E-state index is 0.0335. The molecule has 0 aromatic carbocycles. The predicted molar refractivity (Wildman–Crippen MR) is 62.8 cm³/mol. The summed E-state index contributed by atoms with van der Waals surface area (Å²) in [5.74, 6) is 0.0335. The molecule has 2 N–H and O–H groups in total. The number of ether oxygens (including phenoxy) is 1. The molecule has 0 unspecified atom stereocenters. The van der Waals surface area contributed by atoms with Crippen molar-refractivity contribution in [3.05, 3.63) is 18.3 Å². The minimum Gasteiger partial charge on any atom is -0.383 e. The summed E-state index contributed by atoms with van der Waals surface area (Å²) in [5.41, 5.74) is 5.61. The summed E-state index contributed by atoms with van der Waals surface area (Å²) in [4.78, 5) is 3.87. The van der Waals surface area contributed by atoms with E-state index in [1.54, 1.807) is 6.07 Å². The highest BCUT2D eigenvalue weighted by Crippen LogP contribution is 2.23. The molecule has 7 heteroatoms. The third-order valence-corrected chi connectivity index (χ3v) is 4.75. The largest absolute Gasteiger partial charge is 0.383 e. The summed E-state index contributed by atoms with van der Waals surface area (Å²) in [6.45, 7) is 2.96. The Hall–Kier alpha value is -1.18. The lowest BCUT2D eigenvalue weighted by atomic mass is 10.3. The molecule has 0 spiro atoms. The maximum atomic E-state index is 12.4. The Bertz CT molecular complexity index is 503. The molecule has 94 valence electrons. The van der Waals surface area contributed by atoms with Gasteiger partial charge in [-0.25, -0.2) is 13.4 Å². The van der Waals surface area contributed by atoms with Crippen molar-refractivity contribution in [1.29, 1.82) is 0 Å². The molecule has 1 aliphatic rings. The van der Waals surface area contributed by atoms with Crippen molar-refractivity contribution < 1.29 is 13.2 Å². The second kappa shape index (κ2) is 4.59. The molecule has 0 amide bonds. The summed E-state index contributed by atoms with van der Waals surface area (Å²) < 4.78 is 31.4. The zero-order valence-corrected chi connectivity index (χ0v) is 10.4. The molecule has 1 fully saturated rings. The van der Waals surface area contributed by atoms with E-state index in [1.165, 1.54) is 16.6 Å². The number of anilines is 1. The van der Waals surface area contributed by atoms with Gasteiger partial charge in [0.15, 0.2) is 0 Å². The lowest BCUT2D eigenvalue weighted by Gasteiger charge is -2.32. The van der Waals surface area contributed by atoms with Gasteiger partial charge in [-0.15, -0.1) is 0 Å². The molecule has 0 aliphatic carbocycles. The summed E-state index contributed by atoms with van der Waals surface area (Å²) in [6.07, 6.45) is 1.47. The van der Waals surface area contributed by atoms with Gasteiger partial charge in [-0.3, -0.25) is 0 Å². The second-order valence-electron chi connectivity index (χ2n) is 3.93. The van der Waals surface area contributed by atoms with Gasteiger partial charge in [0.05, 0.1) is 13.2 Å². The van der Waals surface area contributed by atoms with E-state index in [0.29, 0.717) is 19.8 Å². The van der Waals surface area contributed by atoms with Crippen LogP contribution in [0.1, 0.15) is 6.92 Å². The van der Waals surface area contributed by atoms with Gasteiger partial charge in [0, 0.05) is 18.8 Å². The van der Waals surface area contributed by atoms with Crippen molar-refractivity contribution in [2.24, 2.45) is 0 Å². The Kier molecular flexibility index (Phi) is 3.32. The summed E-state index contributed by atoms with van der Waals surface area (Å²) in [5, 5.41) is 0. The van der Waals surface area contributed by atoms with Gasteiger partial charge in [0.1, 0.15) is 10.7 Å². The molecular formula is C10H15N3O3S. The number of hydrogen-bond donors (Lipinski definition) is 1. The average Bonchev–Trinajstić information content (AvgIpc) is 2.29. The average molecular weight is 257 g/mol. The fraction of sp³-hybridized carbons (Fsp3) is 0.500. The first kappa shape index (κ1) is 12.3. The van der Waals surface area contributed by atoms with E-state index in [9.17, 15) is 8.42 Å². The van der Waals surface area contributed by atoms with Crippen LogP contribution in [0, 0.1) is 0 Å². The standard InChI is InChI=1S/C10H15N3O3S/c1-8-7-16-6-5-13(8)17(14,15)9-3-2-4-12-10(9)11/h2-4,8H,5-7H2,1H3,(H2,11,12)/t8-/m1/s1. The molecule has 1 aromatic rings. The number of pyridine rings is 1. The minimum atomic E-state index is -3.58. The first-order chi connectivity index (χ1) is 8.03. The molecule has 1 aromatic heterocycles. The van der Waals surface area contributed by atoms with Crippen molar-refractivity contribution in [2.75, 3.05) is 25.5 Å². The van der Waals surface area contributed by atoms with Crippen LogP contribution in [0.5, 0.6) is 0 Å². The van der Waals surface area contributed by atoms with Crippen LogP contribution < -0.4 is 5.73 Å².